The second-order valence-corrected chi connectivity index (χ2v) is 4.55. The minimum Gasteiger partial charge on any atom is -0.478 e. The number of nitrogens with zero attached hydrogens (tertiary/aromatic N) is 2. The summed E-state index contributed by atoms with van der Waals surface area (Å²) in [4.78, 5) is 10.9. The van der Waals surface area contributed by atoms with Crippen molar-refractivity contribution in [3.05, 3.63) is 52.3 Å². The molecule has 0 aliphatic rings. The quantitative estimate of drug-likeness (QED) is 0.902. The summed E-state index contributed by atoms with van der Waals surface area (Å²) in [5.74, 6) is -0.932. The molecular weight excluding hydrogens is 228 g/mol. The zero-order valence-corrected chi connectivity index (χ0v) is 10.8. The van der Waals surface area contributed by atoms with E-state index < -0.39 is 5.97 Å². The van der Waals surface area contributed by atoms with Crippen molar-refractivity contribution in [2.45, 2.75) is 27.3 Å². The fraction of sp³-hybridized carbons (Fsp3) is 0.286. The first kappa shape index (κ1) is 12.4. The number of benzene rings is 1. The number of hydrogen-bond acceptors (Lipinski definition) is 2. The number of aromatic nitrogens is 2. The molecule has 94 valence electrons. The molecule has 18 heavy (non-hydrogen) atoms. The molecule has 0 saturated carbocycles. The van der Waals surface area contributed by atoms with E-state index in [2.05, 4.69) is 31.1 Å². The van der Waals surface area contributed by atoms with Gasteiger partial charge in [-0.3, -0.25) is 4.68 Å². The largest absolute Gasteiger partial charge is 0.478 e. The third kappa shape index (κ3) is 2.42. The van der Waals surface area contributed by atoms with Gasteiger partial charge in [-0.25, -0.2) is 4.79 Å². The Kier molecular flexibility index (Phi) is 3.19. The summed E-state index contributed by atoms with van der Waals surface area (Å²) in [6.45, 7) is 6.44. The van der Waals surface area contributed by atoms with E-state index in [0.29, 0.717) is 12.2 Å². The van der Waals surface area contributed by atoms with E-state index in [1.165, 1.54) is 11.1 Å². The Morgan fingerprint density at radius 3 is 2.56 bits per heavy atom. The van der Waals surface area contributed by atoms with E-state index in [4.69, 9.17) is 5.11 Å². The van der Waals surface area contributed by atoms with Gasteiger partial charge in [0.25, 0.3) is 0 Å². The first-order valence-corrected chi connectivity index (χ1v) is 5.81. The fourth-order valence-electron chi connectivity index (χ4n) is 1.90. The molecule has 0 spiro atoms. The minimum absolute atomic E-state index is 0.263. The number of carbonyl (C=O) groups is 1. The molecule has 0 aliphatic heterocycles. The average Bonchev–Trinajstić information content (AvgIpc) is 2.65. The van der Waals surface area contributed by atoms with Crippen molar-refractivity contribution in [2.75, 3.05) is 0 Å². The predicted molar refractivity (Wildman–Crippen MR) is 68.9 cm³/mol. The van der Waals surface area contributed by atoms with Crippen LogP contribution in [0.5, 0.6) is 0 Å². The topological polar surface area (TPSA) is 55.1 Å². The molecule has 0 aliphatic carbocycles. The highest BCUT2D eigenvalue weighted by molar-refractivity contribution is 5.88. The summed E-state index contributed by atoms with van der Waals surface area (Å²) >= 11 is 0. The Labute approximate surface area is 106 Å². The number of aryl methyl sites for hydroxylation is 3. The monoisotopic (exact) mass is 244 g/mol. The smallest absolute Gasteiger partial charge is 0.339 e. The summed E-state index contributed by atoms with van der Waals surface area (Å²) in [5.41, 5.74) is 4.42. The Hall–Kier alpha value is -2.10. The lowest BCUT2D eigenvalue weighted by atomic mass is 10.1. The van der Waals surface area contributed by atoms with Crippen molar-refractivity contribution < 1.29 is 9.90 Å². The molecule has 4 heteroatoms. The highest BCUT2D eigenvalue weighted by Crippen LogP contribution is 2.12. The molecule has 4 nitrogen and oxygen atoms in total. The van der Waals surface area contributed by atoms with Crippen LogP contribution in [-0.4, -0.2) is 20.9 Å². The molecular formula is C14H16N2O2. The lowest BCUT2D eigenvalue weighted by Crippen LogP contribution is -2.01. The van der Waals surface area contributed by atoms with Crippen LogP contribution >= 0.6 is 0 Å². The number of carboxylic acids is 1. The molecule has 0 atom stereocenters. The van der Waals surface area contributed by atoms with Crippen molar-refractivity contribution in [1.29, 1.82) is 0 Å². The van der Waals surface area contributed by atoms with E-state index in [-0.39, 0.29) is 5.56 Å². The van der Waals surface area contributed by atoms with Gasteiger partial charge in [0.15, 0.2) is 0 Å². The molecule has 0 radical (unpaired) electrons. The number of hydrogen-bond donors (Lipinski definition) is 1. The zero-order valence-electron chi connectivity index (χ0n) is 10.8. The fourth-order valence-corrected chi connectivity index (χ4v) is 1.90. The maximum absolute atomic E-state index is 10.9. The van der Waals surface area contributed by atoms with Gasteiger partial charge in [0.05, 0.1) is 12.2 Å². The number of rotatable bonds is 3. The van der Waals surface area contributed by atoms with E-state index in [1.807, 2.05) is 6.07 Å². The maximum atomic E-state index is 10.9. The Morgan fingerprint density at radius 1 is 1.28 bits per heavy atom. The summed E-state index contributed by atoms with van der Waals surface area (Å²) in [7, 11) is 0. The number of carboxylic acid groups (broad SMARTS) is 1. The van der Waals surface area contributed by atoms with Crippen molar-refractivity contribution >= 4 is 5.97 Å². The Bertz CT molecular complexity index is 600. The molecule has 1 aromatic carbocycles. The Balaban J connectivity index is 2.26. The molecule has 1 aromatic heterocycles. The van der Waals surface area contributed by atoms with Crippen LogP contribution in [0.2, 0.25) is 0 Å². The second kappa shape index (κ2) is 4.64. The molecule has 2 rings (SSSR count). The van der Waals surface area contributed by atoms with Crippen molar-refractivity contribution in [3.63, 3.8) is 0 Å². The predicted octanol–water partition coefficient (Wildman–Crippen LogP) is 2.55. The molecule has 0 amide bonds. The van der Waals surface area contributed by atoms with E-state index >= 15 is 0 Å². The first-order valence-electron chi connectivity index (χ1n) is 5.81. The average molecular weight is 244 g/mol. The normalized spacial score (nSPS) is 10.6. The van der Waals surface area contributed by atoms with Gasteiger partial charge in [-0.1, -0.05) is 18.2 Å². The highest BCUT2D eigenvalue weighted by atomic mass is 16.4. The second-order valence-electron chi connectivity index (χ2n) is 4.55. The van der Waals surface area contributed by atoms with Crippen molar-refractivity contribution in [3.8, 4) is 0 Å². The van der Waals surface area contributed by atoms with Crippen LogP contribution in [0.1, 0.15) is 32.7 Å². The zero-order chi connectivity index (χ0) is 13.3. The summed E-state index contributed by atoms with van der Waals surface area (Å²) in [6, 6.07) is 6.21. The summed E-state index contributed by atoms with van der Waals surface area (Å²) in [5, 5.41) is 13.2. The van der Waals surface area contributed by atoms with Gasteiger partial charge in [-0.2, -0.15) is 5.10 Å². The van der Waals surface area contributed by atoms with Gasteiger partial charge in [0, 0.05) is 6.20 Å². The van der Waals surface area contributed by atoms with Gasteiger partial charge in [-0.15, -0.1) is 0 Å². The summed E-state index contributed by atoms with van der Waals surface area (Å²) in [6.07, 6.45) is 1.58. The summed E-state index contributed by atoms with van der Waals surface area (Å²) < 4.78 is 1.67. The molecule has 0 bridgehead atoms. The van der Waals surface area contributed by atoms with Crippen LogP contribution in [0.25, 0.3) is 0 Å². The van der Waals surface area contributed by atoms with Gasteiger partial charge in [-0.05, 0) is 37.5 Å². The van der Waals surface area contributed by atoms with E-state index in [9.17, 15) is 4.79 Å². The molecule has 2 aromatic rings. The van der Waals surface area contributed by atoms with Crippen LogP contribution in [0.3, 0.4) is 0 Å². The third-order valence-electron chi connectivity index (χ3n) is 3.09. The van der Waals surface area contributed by atoms with Gasteiger partial charge in [0.2, 0.25) is 0 Å². The van der Waals surface area contributed by atoms with Gasteiger partial charge in [0.1, 0.15) is 5.56 Å². The van der Waals surface area contributed by atoms with Crippen molar-refractivity contribution in [1.82, 2.24) is 9.78 Å². The molecule has 0 saturated heterocycles. The third-order valence-corrected chi connectivity index (χ3v) is 3.09. The van der Waals surface area contributed by atoms with Crippen LogP contribution in [0.15, 0.2) is 24.4 Å². The molecule has 1 N–H and O–H groups in total. The standard InChI is InChI=1S/C14H16N2O2/c1-9-4-5-12(6-10(9)2)7-16-8-13(14(17)18)11(3)15-16/h4-6,8H,7H2,1-3H3,(H,17,18). The van der Waals surface area contributed by atoms with Crippen LogP contribution in [-0.2, 0) is 6.54 Å². The molecule has 0 unspecified atom stereocenters. The van der Waals surface area contributed by atoms with E-state index in [1.54, 1.807) is 17.8 Å². The van der Waals surface area contributed by atoms with Gasteiger partial charge < -0.3 is 5.11 Å². The maximum Gasteiger partial charge on any atom is 0.339 e. The minimum atomic E-state index is -0.932. The first-order chi connectivity index (χ1) is 8.47. The van der Waals surface area contributed by atoms with E-state index in [0.717, 1.165) is 5.56 Å². The lowest BCUT2D eigenvalue weighted by molar-refractivity contribution is 0.0696. The van der Waals surface area contributed by atoms with Crippen LogP contribution in [0, 0.1) is 20.8 Å². The molecule has 1 heterocycles. The van der Waals surface area contributed by atoms with Crippen LogP contribution in [0.4, 0.5) is 0 Å². The number of aromatic carboxylic acids is 1. The molecule has 0 fully saturated rings. The highest BCUT2D eigenvalue weighted by Gasteiger charge is 2.11. The van der Waals surface area contributed by atoms with Crippen molar-refractivity contribution in [2.24, 2.45) is 0 Å². The van der Waals surface area contributed by atoms with Gasteiger partial charge >= 0.3 is 5.97 Å². The Morgan fingerprint density at radius 2 is 2.00 bits per heavy atom. The SMILES string of the molecule is Cc1ccc(Cn2cc(C(=O)O)c(C)n2)cc1C. The van der Waals surface area contributed by atoms with Crippen LogP contribution < -0.4 is 0 Å². The lowest BCUT2D eigenvalue weighted by Gasteiger charge is -2.05.